The van der Waals surface area contributed by atoms with E-state index in [4.69, 9.17) is 0 Å². The first kappa shape index (κ1) is 7.89. The van der Waals surface area contributed by atoms with Gasteiger partial charge in [0.1, 0.15) is 0 Å². The Balaban J connectivity index is 2.22. The molecule has 12 heavy (non-hydrogen) atoms. The summed E-state index contributed by atoms with van der Waals surface area (Å²) in [6.07, 6.45) is 5.55. The van der Waals surface area contributed by atoms with Crippen LogP contribution in [0.4, 0.5) is 0 Å². The van der Waals surface area contributed by atoms with E-state index in [1.165, 1.54) is 11.5 Å². The fourth-order valence-corrected chi connectivity index (χ4v) is 1.90. The van der Waals surface area contributed by atoms with Crippen LogP contribution < -0.4 is 0 Å². The van der Waals surface area contributed by atoms with E-state index in [0.717, 1.165) is 18.7 Å². The van der Waals surface area contributed by atoms with Crippen LogP contribution in [0.1, 0.15) is 18.2 Å². The summed E-state index contributed by atoms with van der Waals surface area (Å²) in [6, 6.07) is 0.345. The Kier molecular flexibility index (Phi) is 2.19. The maximum Gasteiger partial charge on any atom is 0.0966 e. The van der Waals surface area contributed by atoms with Gasteiger partial charge in [-0.25, -0.2) is 0 Å². The molecule has 0 bridgehead atoms. The molecular weight excluding hydrogens is 170 g/mol. The number of likely N-dealkylation sites (N-methyl/N-ethyl adjacent to an activating group) is 1. The van der Waals surface area contributed by atoms with Gasteiger partial charge in [0.05, 0.1) is 11.7 Å². The number of hydrogen-bond acceptors (Lipinski definition) is 4. The third-order valence-corrected chi connectivity index (χ3v) is 2.64. The molecule has 0 saturated heterocycles. The third kappa shape index (κ3) is 1.40. The number of aromatic nitrogens is 2. The highest BCUT2D eigenvalue weighted by Crippen LogP contribution is 2.22. The van der Waals surface area contributed by atoms with Crippen molar-refractivity contribution >= 4 is 11.5 Å². The average Bonchev–Trinajstić information content (AvgIpc) is 2.57. The second-order valence-electron chi connectivity index (χ2n) is 2.97. The first-order valence-electron chi connectivity index (χ1n) is 4.02. The van der Waals surface area contributed by atoms with Crippen LogP contribution in [0.3, 0.4) is 0 Å². The Bertz CT molecular complexity index is 268. The van der Waals surface area contributed by atoms with Crippen LogP contribution in [0, 0.1) is 0 Å². The average molecular weight is 181 g/mol. The zero-order chi connectivity index (χ0) is 8.39. The predicted molar refractivity (Wildman–Crippen MR) is 49.0 cm³/mol. The lowest BCUT2D eigenvalue weighted by molar-refractivity contribution is 0.275. The molecule has 1 unspecified atom stereocenters. The molecule has 1 aliphatic rings. The molecule has 0 fully saturated rings. The van der Waals surface area contributed by atoms with Gasteiger partial charge in [-0.3, -0.25) is 4.90 Å². The molecule has 0 spiro atoms. The molecule has 0 saturated carbocycles. The zero-order valence-corrected chi connectivity index (χ0v) is 7.79. The van der Waals surface area contributed by atoms with Gasteiger partial charge in [0, 0.05) is 11.9 Å². The van der Waals surface area contributed by atoms with Crippen molar-refractivity contribution in [1.82, 2.24) is 14.5 Å². The molecule has 64 valence electrons. The zero-order valence-electron chi connectivity index (χ0n) is 6.97. The maximum absolute atomic E-state index is 4.07. The van der Waals surface area contributed by atoms with Crippen molar-refractivity contribution in [2.24, 2.45) is 0 Å². The van der Waals surface area contributed by atoms with E-state index >= 15 is 0 Å². The Labute approximate surface area is 75.9 Å². The van der Waals surface area contributed by atoms with Crippen LogP contribution >= 0.6 is 11.5 Å². The van der Waals surface area contributed by atoms with Crippen molar-refractivity contribution < 1.29 is 0 Å². The first-order valence-corrected chi connectivity index (χ1v) is 4.85. The van der Waals surface area contributed by atoms with Crippen molar-refractivity contribution in [2.75, 3.05) is 13.6 Å². The maximum atomic E-state index is 4.07. The molecule has 0 aromatic carbocycles. The van der Waals surface area contributed by atoms with E-state index in [-0.39, 0.29) is 0 Å². The fraction of sp³-hybridized carbons (Fsp3) is 0.500. The van der Waals surface area contributed by atoms with Crippen molar-refractivity contribution in [2.45, 2.75) is 12.5 Å². The highest BCUT2D eigenvalue weighted by atomic mass is 32.1. The van der Waals surface area contributed by atoms with Crippen LogP contribution in [0.2, 0.25) is 0 Å². The normalized spacial score (nSPS) is 24.6. The summed E-state index contributed by atoms with van der Waals surface area (Å²) in [5, 5.41) is 6.08. The highest BCUT2D eigenvalue weighted by Gasteiger charge is 2.18. The summed E-state index contributed by atoms with van der Waals surface area (Å²) in [5.74, 6) is 0. The molecule has 0 radical (unpaired) electrons. The van der Waals surface area contributed by atoms with Gasteiger partial charge < -0.3 is 0 Å². The van der Waals surface area contributed by atoms with Gasteiger partial charge in [-0.2, -0.15) is 0 Å². The summed E-state index contributed by atoms with van der Waals surface area (Å²) in [6.45, 7) is 1.11. The van der Waals surface area contributed by atoms with Gasteiger partial charge in [0.15, 0.2) is 0 Å². The Morgan fingerprint density at radius 1 is 1.67 bits per heavy atom. The molecule has 0 amide bonds. The van der Waals surface area contributed by atoms with Crippen molar-refractivity contribution in [3.05, 3.63) is 23.2 Å². The van der Waals surface area contributed by atoms with Gasteiger partial charge in [-0.15, -0.1) is 5.10 Å². The van der Waals surface area contributed by atoms with Crippen LogP contribution in [0.15, 0.2) is 17.5 Å². The lowest BCUT2D eigenvalue weighted by Crippen LogP contribution is -2.26. The van der Waals surface area contributed by atoms with Crippen LogP contribution in [-0.2, 0) is 0 Å². The minimum atomic E-state index is 0.345. The molecule has 1 aromatic heterocycles. The largest absolute Gasteiger partial charge is 0.294 e. The van der Waals surface area contributed by atoms with Gasteiger partial charge in [-0.05, 0) is 25.0 Å². The molecule has 0 N–H and O–H groups in total. The standard InChI is InChI=1S/C8H11N3S/c1-11-5-3-2-4-8(11)7-6-12-10-9-7/h2,4,6,8H,3,5H2,1H3. The van der Waals surface area contributed by atoms with Crippen molar-refractivity contribution in [3.8, 4) is 0 Å². The molecule has 1 aliphatic heterocycles. The SMILES string of the molecule is CN1CCC=CC1c1csnn1. The Morgan fingerprint density at radius 3 is 3.25 bits per heavy atom. The van der Waals surface area contributed by atoms with E-state index in [9.17, 15) is 0 Å². The monoisotopic (exact) mass is 181 g/mol. The number of hydrogen-bond donors (Lipinski definition) is 0. The van der Waals surface area contributed by atoms with Gasteiger partial charge in [0.25, 0.3) is 0 Å². The fourth-order valence-electron chi connectivity index (χ4n) is 1.41. The number of nitrogens with zero attached hydrogens (tertiary/aromatic N) is 3. The Morgan fingerprint density at radius 2 is 2.58 bits per heavy atom. The molecule has 4 heteroatoms. The van der Waals surface area contributed by atoms with Crippen LogP contribution in [0.25, 0.3) is 0 Å². The second-order valence-corrected chi connectivity index (χ2v) is 3.58. The van der Waals surface area contributed by atoms with E-state index in [1.54, 1.807) is 0 Å². The topological polar surface area (TPSA) is 29.0 Å². The lowest BCUT2D eigenvalue weighted by Gasteiger charge is -2.26. The molecular formula is C8H11N3S. The van der Waals surface area contributed by atoms with Gasteiger partial charge in [-0.1, -0.05) is 16.6 Å². The molecule has 2 heterocycles. The summed E-state index contributed by atoms with van der Waals surface area (Å²) < 4.78 is 3.86. The minimum absolute atomic E-state index is 0.345. The third-order valence-electron chi connectivity index (χ3n) is 2.12. The van der Waals surface area contributed by atoms with E-state index in [1.807, 2.05) is 5.38 Å². The first-order chi connectivity index (χ1) is 5.88. The van der Waals surface area contributed by atoms with E-state index in [2.05, 4.69) is 33.7 Å². The lowest BCUT2D eigenvalue weighted by atomic mass is 10.1. The van der Waals surface area contributed by atoms with Crippen LogP contribution in [0.5, 0.6) is 0 Å². The molecule has 2 rings (SSSR count). The quantitative estimate of drug-likeness (QED) is 0.614. The predicted octanol–water partition coefficient (Wildman–Crippen LogP) is 1.47. The van der Waals surface area contributed by atoms with Crippen LogP contribution in [-0.4, -0.2) is 28.1 Å². The van der Waals surface area contributed by atoms with Gasteiger partial charge in [0.2, 0.25) is 0 Å². The smallest absolute Gasteiger partial charge is 0.0966 e. The Hall–Kier alpha value is -0.740. The number of rotatable bonds is 1. The van der Waals surface area contributed by atoms with Crippen molar-refractivity contribution in [3.63, 3.8) is 0 Å². The molecule has 3 nitrogen and oxygen atoms in total. The minimum Gasteiger partial charge on any atom is -0.294 e. The molecule has 1 atom stereocenters. The van der Waals surface area contributed by atoms with Gasteiger partial charge >= 0.3 is 0 Å². The molecule has 0 aliphatic carbocycles. The van der Waals surface area contributed by atoms with E-state index in [0.29, 0.717) is 6.04 Å². The van der Waals surface area contributed by atoms with E-state index < -0.39 is 0 Å². The highest BCUT2D eigenvalue weighted by molar-refractivity contribution is 7.03. The summed E-state index contributed by atoms with van der Waals surface area (Å²) >= 11 is 1.41. The summed E-state index contributed by atoms with van der Waals surface area (Å²) in [7, 11) is 2.12. The second kappa shape index (κ2) is 3.33. The summed E-state index contributed by atoms with van der Waals surface area (Å²) in [5.41, 5.74) is 1.07. The molecule has 1 aromatic rings. The van der Waals surface area contributed by atoms with Crippen molar-refractivity contribution in [1.29, 1.82) is 0 Å². The summed E-state index contributed by atoms with van der Waals surface area (Å²) in [4.78, 5) is 2.29.